The van der Waals surface area contributed by atoms with Crippen LogP contribution >= 0.6 is 0 Å². The first-order chi connectivity index (χ1) is 9.70. The lowest BCUT2D eigenvalue weighted by molar-refractivity contribution is 0.0731. The van der Waals surface area contributed by atoms with Crippen LogP contribution in [0.5, 0.6) is 5.75 Å². The molecule has 1 aliphatic rings. The van der Waals surface area contributed by atoms with Crippen molar-refractivity contribution in [2.45, 2.75) is 38.6 Å². The zero-order chi connectivity index (χ0) is 14.4. The van der Waals surface area contributed by atoms with Gasteiger partial charge in [-0.15, -0.1) is 0 Å². The van der Waals surface area contributed by atoms with E-state index in [9.17, 15) is 9.90 Å². The van der Waals surface area contributed by atoms with Gasteiger partial charge < -0.3 is 15.3 Å². The number of nitrogens with one attached hydrogen (secondary N) is 1. The van der Waals surface area contributed by atoms with E-state index in [4.69, 9.17) is 0 Å². The molecule has 1 fully saturated rings. The molecule has 1 unspecified atom stereocenters. The third kappa shape index (κ3) is 3.93. The predicted octanol–water partition coefficient (Wildman–Crippen LogP) is 1.78. The molecule has 2 N–H and O–H groups in total. The Morgan fingerprint density at radius 3 is 3.00 bits per heavy atom. The highest BCUT2D eigenvalue weighted by Gasteiger charge is 2.21. The van der Waals surface area contributed by atoms with Crippen molar-refractivity contribution >= 4 is 5.91 Å². The molecular formula is C15H23N3O2. The summed E-state index contributed by atoms with van der Waals surface area (Å²) >= 11 is 0. The quantitative estimate of drug-likeness (QED) is 0.861. The average Bonchev–Trinajstić information content (AvgIpc) is 2.47. The van der Waals surface area contributed by atoms with Gasteiger partial charge in [-0.2, -0.15) is 0 Å². The van der Waals surface area contributed by atoms with Crippen LogP contribution in [0.2, 0.25) is 0 Å². The minimum absolute atomic E-state index is 0.0306. The Morgan fingerprint density at radius 1 is 1.50 bits per heavy atom. The topological polar surface area (TPSA) is 65.5 Å². The maximum absolute atomic E-state index is 12.5. The van der Waals surface area contributed by atoms with Gasteiger partial charge >= 0.3 is 0 Å². The first-order valence-corrected chi connectivity index (χ1v) is 7.37. The summed E-state index contributed by atoms with van der Waals surface area (Å²) in [5.41, 5.74) is 0.453. The number of carbonyl (C=O) groups excluding carboxylic acids is 1. The Labute approximate surface area is 120 Å². The van der Waals surface area contributed by atoms with Crippen molar-refractivity contribution in [3.63, 3.8) is 0 Å². The lowest BCUT2D eigenvalue weighted by Crippen LogP contribution is -2.46. The average molecular weight is 277 g/mol. The van der Waals surface area contributed by atoms with Crippen LogP contribution in [0.25, 0.3) is 0 Å². The summed E-state index contributed by atoms with van der Waals surface area (Å²) in [6, 6.07) is 1.86. The molecule has 1 aromatic rings. The molecule has 2 heterocycles. The zero-order valence-corrected chi connectivity index (χ0v) is 12.0. The van der Waals surface area contributed by atoms with Gasteiger partial charge in [-0.1, -0.05) is 13.3 Å². The molecule has 0 radical (unpaired) electrons. The number of nitrogens with zero attached hydrogens (tertiary/aromatic N) is 2. The largest absolute Gasteiger partial charge is 0.506 e. The van der Waals surface area contributed by atoms with E-state index in [1.165, 1.54) is 31.3 Å². The van der Waals surface area contributed by atoms with Gasteiger partial charge in [0.15, 0.2) is 0 Å². The number of hydrogen-bond acceptors (Lipinski definition) is 4. The number of hydrogen-bond donors (Lipinski definition) is 2. The third-order valence-corrected chi connectivity index (χ3v) is 3.60. The normalized spacial score (nSPS) is 18.8. The van der Waals surface area contributed by atoms with Gasteiger partial charge in [-0.25, -0.2) is 0 Å². The van der Waals surface area contributed by atoms with Crippen LogP contribution in [0.4, 0.5) is 0 Å². The van der Waals surface area contributed by atoms with Gasteiger partial charge in [0.1, 0.15) is 5.75 Å². The van der Waals surface area contributed by atoms with Gasteiger partial charge in [0.05, 0.1) is 11.8 Å². The lowest BCUT2D eigenvalue weighted by atomic mass is 10.0. The molecule has 110 valence electrons. The lowest BCUT2D eigenvalue weighted by Gasteiger charge is -2.30. The van der Waals surface area contributed by atoms with E-state index in [0.29, 0.717) is 11.6 Å². The van der Waals surface area contributed by atoms with Crippen molar-refractivity contribution in [3.8, 4) is 5.75 Å². The Hall–Kier alpha value is -1.62. The van der Waals surface area contributed by atoms with E-state index in [2.05, 4.69) is 17.2 Å². The summed E-state index contributed by atoms with van der Waals surface area (Å²) in [6.45, 7) is 4.55. The first kappa shape index (κ1) is 14.8. The maximum Gasteiger partial charge on any atom is 0.255 e. The highest BCUT2D eigenvalue weighted by Crippen LogP contribution is 2.14. The molecule has 0 aliphatic carbocycles. The van der Waals surface area contributed by atoms with Crippen molar-refractivity contribution in [3.05, 3.63) is 24.0 Å². The van der Waals surface area contributed by atoms with Gasteiger partial charge in [-0.05, 0) is 31.9 Å². The molecule has 0 bridgehead atoms. The second-order valence-electron chi connectivity index (χ2n) is 5.33. The zero-order valence-electron chi connectivity index (χ0n) is 12.0. The smallest absolute Gasteiger partial charge is 0.255 e. The van der Waals surface area contributed by atoms with E-state index in [-0.39, 0.29) is 11.7 Å². The number of rotatable bonds is 5. The minimum atomic E-state index is -0.0531. The molecule has 5 heteroatoms. The molecule has 0 spiro atoms. The second kappa shape index (κ2) is 7.24. The molecule has 1 amide bonds. The number of aromatic hydroxyl groups is 1. The predicted molar refractivity (Wildman–Crippen MR) is 77.7 cm³/mol. The molecule has 1 saturated heterocycles. The summed E-state index contributed by atoms with van der Waals surface area (Å²) in [4.78, 5) is 18.2. The van der Waals surface area contributed by atoms with E-state index in [1.807, 2.05) is 4.90 Å². The molecule has 1 atom stereocenters. The van der Waals surface area contributed by atoms with Crippen molar-refractivity contribution in [1.29, 1.82) is 0 Å². The van der Waals surface area contributed by atoms with Crippen LogP contribution in [-0.2, 0) is 0 Å². The Kier molecular flexibility index (Phi) is 5.35. The van der Waals surface area contributed by atoms with Gasteiger partial charge in [-0.3, -0.25) is 9.78 Å². The number of pyridine rings is 1. The Balaban J connectivity index is 2.04. The van der Waals surface area contributed by atoms with E-state index in [0.717, 1.165) is 32.5 Å². The van der Waals surface area contributed by atoms with Crippen LogP contribution < -0.4 is 5.32 Å². The summed E-state index contributed by atoms with van der Waals surface area (Å²) in [7, 11) is 0. The number of amides is 1. The first-order valence-electron chi connectivity index (χ1n) is 7.37. The van der Waals surface area contributed by atoms with Crippen molar-refractivity contribution in [2.75, 3.05) is 19.6 Å². The van der Waals surface area contributed by atoms with Crippen molar-refractivity contribution < 1.29 is 9.90 Å². The molecular weight excluding hydrogens is 254 g/mol. The second-order valence-corrected chi connectivity index (χ2v) is 5.33. The van der Waals surface area contributed by atoms with E-state index in [1.54, 1.807) is 0 Å². The number of aromatic nitrogens is 1. The molecule has 0 aromatic carbocycles. The van der Waals surface area contributed by atoms with Crippen molar-refractivity contribution in [2.24, 2.45) is 0 Å². The van der Waals surface area contributed by atoms with Crippen LogP contribution in [0.1, 0.15) is 43.0 Å². The number of piperidine rings is 1. The van der Waals surface area contributed by atoms with Gasteiger partial charge in [0, 0.05) is 25.3 Å². The van der Waals surface area contributed by atoms with Crippen molar-refractivity contribution in [1.82, 2.24) is 15.2 Å². The molecule has 5 nitrogen and oxygen atoms in total. The summed E-state index contributed by atoms with van der Waals surface area (Å²) in [5.74, 6) is -0.0225. The standard InChI is InChI=1S/C15H23N3O2/c1-2-7-18(11-13-5-3-4-6-17-13)15(20)12-8-14(19)10-16-9-12/h8-10,13,17,19H,2-7,11H2,1H3. The Bertz CT molecular complexity index is 444. The minimum Gasteiger partial charge on any atom is -0.506 e. The number of carbonyl (C=O) groups is 1. The highest BCUT2D eigenvalue weighted by molar-refractivity contribution is 5.94. The van der Waals surface area contributed by atoms with Crippen LogP contribution in [0.15, 0.2) is 18.5 Å². The third-order valence-electron chi connectivity index (χ3n) is 3.60. The van der Waals surface area contributed by atoms with Crippen LogP contribution in [0, 0.1) is 0 Å². The maximum atomic E-state index is 12.5. The van der Waals surface area contributed by atoms with Gasteiger partial charge in [0.25, 0.3) is 5.91 Å². The summed E-state index contributed by atoms with van der Waals surface area (Å²) in [5, 5.41) is 12.9. The SMILES string of the molecule is CCCN(CC1CCCCN1)C(=O)c1cncc(O)c1. The van der Waals surface area contributed by atoms with Crippen LogP contribution in [0.3, 0.4) is 0 Å². The highest BCUT2D eigenvalue weighted by atomic mass is 16.3. The molecule has 20 heavy (non-hydrogen) atoms. The van der Waals surface area contributed by atoms with Gasteiger partial charge in [0.2, 0.25) is 0 Å². The molecule has 2 rings (SSSR count). The Morgan fingerprint density at radius 2 is 2.35 bits per heavy atom. The summed E-state index contributed by atoms with van der Waals surface area (Å²) < 4.78 is 0. The molecule has 0 saturated carbocycles. The fraction of sp³-hybridized carbons (Fsp3) is 0.600. The van der Waals surface area contributed by atoms with E-state index < -0.39 is 0 Å². The fourth-order valence-corrected chi connectivity index (χ4v) is 2.62. The van der Waals surface area contributed by atoms with E-state index >= 15 is 0 Å². The molecule has 1 aliphatic heterocycles. The monoisotopic (exact) mass is 277 g/mol. The van der Waals surface area contributed by atoms with Crippen LogP contribution in [-0.4, -0.2) is 46.6 Å². The molecule has 1 aromatic heterocycles. The fourth-order valence-electron chi connectivity index (χ4n) is 2.62. The summed E-state index contributed by atoms with van der Waals surface area (Å²) in [6.07, 6.45) is 7.33.